The molecule has 8 heteroatoms. The fourth-order valence-corrected chi connectivity index (χ4v) is 2.54. The molecule has 2 aromatic rings. The molecule has 2 aromatic carbocycles. The predicted octanol–water partition coefficient (Wildman–Crippen LogP) is 2.69. The number of para-hydroxylation sites is 2. The van der Waals surface area contributed by atoms with E-state index in [9.17, 15) is 18.4 Å². The largest absolute Gasteiger partial charge is 0.435 e. The van der Waals surface area contributed by atoms with Gasteiger partial charge >= 0.3 is 6.61 Å². The van der Waals surface area contributed by atoms with Crippen LogP contribution < -0.4 is 20.3 Å². The van der Waals surface area contributed by atoms with E-state index in [-0.39, 0.29) is 30.7 Å². The third-order valence-corrected chi connectivity index (χ3v) is 3.55. The Hall–Kier alpha value is -3.16. The number of benzene rings is 2. The summed E-state index contributed by atoms with van der Waals surface area (Å²) >= 11 is 0. The van der Waals surface area contributed by atoms with Crippen LogP contribution >= 0.6 is 0 Å². The normalized spacial score (nSPS) is 13.2. The molecule has 0 fully saturated rings. The van der Waals surface area contributed by atoms with E-state index in [4.69, 9.17) is 0 Å². The molecule has 0 saturated carbocycles. The van der Waals surface area contributed by atoms with Crippen LogP contribution in [0.2, 0.25) is 0 Å². The van der Waals surface area contributed by atoms with Gasteiger partial charge in [0.25, 0.3) is 0 Å². The number of rotatable bonds is 5. The van der Waals surface area contributed by atoms with Crippen molar-refractivity contribution in [1.82, 2.24) is 0 Å². The standard InChI is InChI=1S/C17H15F2N3O3/c18-17(19)25-12-7-5-11(6-8-12)20-15(23)9-22-10-16(24)21-13-3-1-2-4-14(13)22/h1-8,17H,9-10H2,(H,20,23)(H,21,24). The van der Waals surface area contributed by atoms with Crippen molar-refractivity contribution >= 4 is 28.9 Å². The molecule has 2 amide bonds. The number of halogens is 2. The average molecular weight is 347 g/mol. The fraction of sp³-hybridized carbons (Fsp3) is 0.176. The van der Waals surface area contributed by atoms with Crippen LogP contribution in [0.5, 0.6) is 5.75 Å². The number of alkyl halides is 2. The third kappa shape index (κ3) is 4.23. The average Bonchev–Trinajstić information content (AvgIpc) is 2.56. The van der Waals surface area contributed by atoms with Gasteiger partial charge in [0.05, 0.1) is 24.5 Å². The van der Waals surface area contributed by atoms with Crippen LogP contribution in [0.15, 0.2) is 48.5 Å². The molecule has 0 unspecified atom stereocenters. The van der Waals surface area contributed by atoms with Gasteiger partial charge in [-0.25, -0.2) is 0 Å². The molecule has 0 atom stereocenters. The first-order valence-electron chi connectivity index (χ1n) is 7.50. The minimum absolute atomic E-state index is 0.00891. The molecular formula is C17H15F2N3O3. The van der Waals surface area contributed by atoms with Gasteiger partial charge in [0.15, 0.2) is 0 Å². The van der Waals surface area contributed by atoms with Crippen LogP contribution in [0.4, 0.5) is 25.8 Å². The second-order valence-electron chi connectivity index (χ2n) is 5.37. The highest BCUT2D eigenvalue weighted by Gasteiger charge is 2.23. The first-order valence-corrected chi connectivity index (χ1v) is 7.50. The molecule has 1 aliphatic heterocycles. The van der Waals surface area contributed by atoms with E-state index in [2.05, 4.69) is 15.4 Å². The van der Waals surface area contributed by atoms with Gasteiger partial charge < -0.3 is 20.3 Å². The van der Waals surface area contributed by atoms with E-state index in [1.807, 2.05) is 12.1 Å². The van der Waals surface area contributed by atoms with Gasteiger partial charge in [-0.1, -0.05) is 12.1 Å². The lowest BCUT2D eigenvalue weighted by Gasteiger charge is -2.30. The number of carbonyl (C=O) groups is 2. The van der Waals surface area contributed by atoms with Gasteiger partial charge in [-0.15, -0.1) is 0 Å². The highest BCUT2D eigenvalue weighted by molar-refractivity contribution is 6.03. The molecule has 0 radical (unpaired) electrons. The summed E-state index contributed by atoms with van der Waals surface area (Å²) in [5.41, 5.74) is 1.86. The molecule has 1 aliphatic rings. The van der Waals surface area contributed by atoms with Crippen LogP contribution in [0.1, 0.15) is 0 Å². The second kappa shape index (κ2) is 7.16. The number of ether oxygens (including phenoxy) is 1. The zero-order valence-corrected chi connectivity index (χ0v) is 13.0. The monoisotopic (exact) mass is 347 g/mol. The summed E-state index contributed by atoms with van der Waals surface area (Å²) in [5, 5.41) is 5.41. The Morgan fingerprint density at radius 1 is 1.20 bits per heavy atom. The van der Waals surface area contributed by atoms with E-state index in [1.165, 1.54) is 24.3 Å². The first kappa shape index (κ1) is 16.7. The molecule has 3 rings (SSSR count). The van der Waals surface area contributed by atoms with Crippen molar-refractivity contribution in [2.24, 2.45) is 0 Å². The van der Waals surface area contributed by atoms with Crippen molar-refractivity contribution < 1.29 is 23.1 Å². The van der Waals surface area contributed by atoms with Crippen molar-refractivity contribution in [1.29, 1.82) is 0 Å². The highest BCUT2D eigenvalue weighted by atomic mass is 19.3. The van der Waals surface area contributed by atoms with Gasteiger partial charge in [-0.2, -0.15) is 8.78 Å². The summed E-state index contributed by atoms with van der Waals surface area (Å²) in [5.74, 6) is -0.512. The topological polar surface area (TPSA) is 70.7 Å². The second-order valence-corrected chi connectivity index (χ2v) is 5.37. The lowest BCUT2D eigenvalue weighted by molar-refractivity contribution is -0.115. The van der Waals surface area contributed by atoms with E-state index >= 15 is 0 Å². The highest BCUT2D eigenvalue weighted by Crippen LogP contribution is 2.28. The third-order valence-electron chi connectivity index (χ3n) is 3.55. The Morgan fingerprint density at radius 2 is 1.92 bits per heavy atom. The lowest BCUT2D eigenvalue weighted by Crippen LogP contribution is -2.42. The number of carbonyl (C=O) groups excluding carboxylic acids is 2. The molecule has 2 N–H and O–H groups in total. The minimum Gasteiger partial charge on any atom is -0.435 e. The maximum absolute atomic E-state index is 12.2. The number of nitrogens with one attached hydrogen (secondary N) is 2. The van der Waals surface area contributed by atoms with Crippen molar-refractivity contribution in [2.45, 2.75) is 6.61 Å². The molecular weight excluding hydrogens is 332 g/mol. The zero-order valence-electron chi connectivity index (χ0n) is 13.0. The summed E-state index contributed by atoms with van der Waals surface area (Å²) in [4.78, 5) is 25.6. The van der Waals surface area contributed by atoms with E-state index in [0.717, 1.165) is 5.69 Å². The van der Waals surface area contributed by atoms with Crippen LogP contribution in [-0.4, -0.2) is 31.5 Å². The minimum atomic E-state index is -2.90. The Morgan fingerprint density at radius 3 is 2.64 bits per heavy atom. The number of amides is 2. The van der Waals surface area contributed by atoms with Gasteiger partial charge in [0.2, 0.25) is 11.8 Å². The fourth-order valence-electron chi connectivity index (χ4n) is 2.54. The van der Waals surface area contributed by atoms with Crippen LogP contribution in [0.3, 0.4) is 0 Å². The van der Waals surface area contributed by atoms with E-state index in [0.29, 0.717) is 11.4 Å². The van der Waals surface area contributed by atoms with Crippen molar-refractivity contribution in [3.63, 3.8) is 0 Å². The molecule has 130 valence electrons. The number of fused-ring (bicyclic) bond motifs is 1. The first-order chi connectivity index (χ1) is 12.0. The van der Waals surface area contributed by atoms with Crippen molar-refractivity contribution in [3.05, 3.63) is 48.5 Å². The summed E-state index contributed by atoms with van der Waals surface area (Å²) < 4.78 is 28.5. The lowest BCUT2D eigenvalue weighted by atomic mass is 10.2. The molecule has 0 spiro atoms. The number of hydrogen-bond donors (Lipinski definition) is 2. The summed E-state index contributed by atoms with van der Waals surface area (Å²) in [6.07, 6.45) is 0. The summed E-state index contributed by atoms with van der Waals surface area (Å²) in [7, 11) is 0. The summed E-state index contributed by atoms with van der Waals surface area (Å²) in [6.45, 7) is -2.84. The molecule has 0 saturated heterocycles. The van der Waals surface area contributed by atoms with Gasteiger partial charge in [0.1, 0.15) is 5.75 Å². The number of hydrogen-bond acceptors (Lipinski definition) is 4. The predicted molar refractivity (Wildman–Crippen MR) is 89.0 cm³/mol. The van der Waals surface area contributed by atoms with E-state index in [1.54, 1.807) is 17.0 Å². The number of nitrogens with zero attached hydrogens (tertiary/aromatic N) is 1. The zero-order chi connectivity index (χ0) is 17.8. The maximum Gasteiger partial charge on any atom is 0.387 e. The van der Waals surface area contributed by atoms with Crippen LogP contribution in [-0.2, 0) is 9.59 Å². The quantitative estimate of drug-likeness (QED) is 0.872. The van der Waals surface area contributed by atoms with Gasteiger partial charge in [0, 0.05) is 5.69 Å². The SMILES string of the molecule is O=C(CN1CC(=O)Nc2ccccc21)Nc1ccc(OC(F)F)cc1. The Bertz CT molecular complexity index is 781. The molecule has 6 nitrogen and oxygen atoms in total. The van der Waals surface area contributed by atoms with E-state index < -0.39 is 6.61 Å². The Kier molecular flexibility index (Phi) is 4.78. The molecule has 1 heterocycles. The van der Waals surface area contributed by atoms with Gasteiger partial charge in [-0.05, 0) is 36.4 Å². The number of anilines is 3. The van der Waals surface area contributed by atoms with Crippen molar-refractivity contribution in [2.75, 3.05) is 28.6 Å². The molecule has 0 aliphatic carbocycles. The maximum atomic E-state index is 12.2. The van der Waals surface area contributed by atoms with Crippen molar-refractivity contribution in [3.8, 4) is 5.75 Å². The molecule has 0 aromatic heterocycles. The molecule has 0 bridgehead atoms. The Balaban J connectivity index is 1.64. The molecule has 25 heavy (non-hydrogen) atoms. The smallest absolute Gasteiger partial charge is 0.387 e. The van der Waals surface area contributed by atoms with Crippen LogP contribution in [0, 0.1) is 0 Å². The Labute approximate surface area is 142 Å². The van der Waals surface area contributed by atoms with Crippen LogP contribution in [0.25, 0.3) is 0 Å². The summed E-state index contributed by atoms with van der Waals surface area (Å²) in [6, 6.07) is 12.8. The van der Waals surface area contributed by atoms with Gasteiger partial charge in [-0.3, -0.25) is 9.59 Å².